The average Bonchev–Trinajstić information content (AvgIpc) is 2.51. The Balaban J connectivity index is 5.02. The van der Waals surface area contributed by atoms with Crippen LogP contribution in [0.2, 0.25) is 0 Å². The van der Waals surface area contributed by atoms with Crippen LogP contribution in [0.4, 0.5) is 0 Å². The van der Waals surface area contributed by atoms with Crippen molar-refractivity contribution < 1.29 is 27.9 Å². The van der Waals surface area contributed by atoms with Crippen molar-refractivity contribution in [2.24, 2.45) is 0 Å². The molecule has 0 bridgehead atoms. The number of alkyl halides is 2. The predicted molar refractivity (Wildman–Crippen MR) is 89.2 cm³/mol. The zero-order valence-corrected chi connectivity index (χ0v) is 15.5. The molecule has 0 saturated heterocycles. The molecule has 1 amide bonds. The fraction of sp³-hybridized carbons (Fsp3) is 0.692. The van der Waals surface area contributed by atoms with Crippen LogP contribution < -0.4 is 5.32 Å². The third-order valence-electron chi connectivity index (χ3n) is 2.41. The van der Waals surface area contributed by atoms with Crippen LogP contribution in [0, 0.1) is 0 Å². The molecular formula is C13H22Cl2NO6P. The Morgan fingerprint density at radius 1 is 1.26 bits per heavy atom. The van der Waals surface area contributed by atoms with Gasteiger partial charge >= 0.3 is 13.6 Å². The Morgan fingerprint density at radius 3 is 2.26 bits per heavy atom. The summed E-state index contributed by atoms with van der Waals surface area (Å²) in [6.07, 6.45) is 1.77. The molecule has 0 aromatic carbocycles. The molecular weight excluding hydrogens is 368 g/mol. The summed E-state index contributed by atoms with van der Waals surface area (Å²) in [4.78, 5) is 22.3. The van der Waals surface area contributed by atoms with Gasteiger partial charge in [-0.05, 0) is 13.8 Å². The van der Waals surface area contributed by atoms with Gasteiger partial charge in [-0.3, -0.25) is 9.36 Å². The first-order valence-electron chi connectivity index (χ1n) is 6.96. The van der Waals surface area contributed by atoms with Gasteiger partial charge in [-0.25, -0.2) is 4.79 Å². The van der Waals surface area contributed by atoms with E-state index in [-0.39, 0.29) is 37.7 Å². The van der Waals surface area contributed by atoms with E-state index in [0.717, 1.165) is 0 Å². The molecule has 0 heterocycles. The summed E-state index contributed by atoms with van der Waals surface area (Å²) in [5.74, 6) is -0.290. The van der Waals surface area contributed by atoms with Gasteiger partial charge in [0.05, 0.1) is 26.0 Å². The first kappa shape index (κ1) is 22.4. The van der Waals surface area contributed by atoms with Gasteiger partial charge in [-0.1, -0.05) is 11.6 Å². The number of esters is 1. The number of carbonyl (C=O) groups excluding carboxylic acids is 2. The molecule has 23 heavy (non-hydrogen) atoms. The maximum absolute atomic E-state index is 12.6. The van der Waals surface area contributed by atoms with Crippen LogP contribution in [0.5, 0.6) is 0 Å². The van der Waals surface area contributed by atoms with E-state index in [9.17, 15) is 14.2 Å². The molecule has 0 fully saturated rings. The maximum Gasteiger partial charge on any atom is 0.334 e. The lowest BCUT2D eigenvalue weighted by molar-refractivity contribution is -0.145. The Kier molecular flexibility index (Phi) is 12.5. The molecule has 7 nitrogen and oxygen atoms in total. The zero-order valence-electron chi connectivity index (χ0n) is 13.1. The van der Waals surface area contributed by atoms with Gasteiger partial charge in [0.2, 0.25) is 6.41 Å². The third kappa shape index (κ3) is 9.99. The summed E-state index contributed by atoms with van der Waals surface area (Å²) in [5.41, 5.74) is 0.532. The minimum atomic E-state index is -3.43. The number of carbonyl (C=O) groups is 2. The van der Waals surface area contributed by atoms with E-state index < -0.39 is 19.6 Å². The number of amides is 1. The molecule has 0 rings (SSSR count). The summed E-state index contributed by atoms with van der Waals surface area (Å²) in [5, 5.41) is 2.33. The lowest BCUT2D eigenvalue weighted by Gasteiger charge is -2.19. The van der Waals surface area contributed by atoms with Crippen LogP contribution in [0.3, 0.4) is 0 Å². The number of hydrogen-bond acceptors (Lipinski definition) is 6. The molecule has 1 N–H and O–H groups in total. The van der Waals surface area contributed by atoms with E-state index in [1.165, 1.54) is 6.08 Å². The second-order valence-electron chi connectivity index (χ2n) is 4.34. The van der Waals surface area contributed by atoms with E-state index in [1.54, 1.807) is 13.8 Å². The average molecular weight is 390 g/mol. The maximum atomic E-state index is 12.6. The van der Waals surface area contributed by atoms with Gasteiger partial charge in [0.25, 0.3) is 0 Å². The fourth-order valence-corrected chi connectivity index (χ4v) is 3.69. The molecule has 1 unspecified atom stereocenters. The molecule has 1 atom stereocenters. The highest BCUT2D eigenvalue weighted by Crippen LogP contribution is 2.49. The van der Waals surface area contributed by atoms with Crippen LogP contribution in [-0.2, 0) is 27.9 Å². The molecule has 0 aromatic rings. The number of ether oxygens (including phenoxy) is 1. The lowest BCUT2D eigenvalue weighted by Crippen LogP contribution is -2.36. The van der Waals surface area contributed by atoms with Crippen molar-refractivity contribution in [3.63, 3.8) is 0 Å². The Hall–Kier alpha value is -0.590. The normalized spacial score (nSPS) is 13.5. The molecule has 10 heteroatoms. The van der Waals surface area contributed by atoms with Crippen LogP contribution in [0.25, 0.3) is 0 Å². The molecule has 0 aliphatic rings. The van der Waals surface area contributed by atoms with Crippen molar-refractivity contribution in [2.75, 3.05) is 37.7 Å². The summed E-state index contributed by atoms with van der Waals surface area (Å²) >= 11 is 11.1. The van der Waals surface area contributed by atoms with Crippen LogP contribution >= 0.6 is 30.8 Å². The summed E-state index contributed by atoms with van der Waals surface area (Å²) in [6.45, 7) is 3.59. The Labute approximate surface area is 146 Å². The highest BCUT2D eigenvalue weighted by atomic mass is 35.5. The number of nitrogens with one attached hydrogen (secondary N) is 1. The van der Waals surface area contributed by atoms with E-state index in [4.69, 9.17) is 37.0 Å². The lowest BCUT2D eigenvalue weighted by atomic mass is 10.2. The standard InChI is InChI=1S/C13H22Cl2NO6P/c1-3-20-13(18)12(16-10-17)8-11(2)9-23(19,21-6-4-14)22-7-5-15/h8,10,12H,3-7,9H2,1-2H3,(H,16,17)/b11-8+. The smallest absolute Gasteiger partial charge is 0.334 e. The van der Waals surface area contributed by atoms with Crippen molar-refractivity contribution in [1.29, 1.82) is 0 Å². The highest BCUT2D eigenvalue weighted by Gasteiger charge is 2.26. The molecule has 0 aromatic heterocycles. The van der Waals surface area contributed by atoms with Crippen molar-refractivity contribution in [1.82, 2.24) is 5.32 Å². The molecule has 0 spiro atoms. The molecule has 0 aliphatic carbocycles. The molecule has 134 valence electrons. The second kappa shape index (κ2) is 12.8. The van der Waals surface area contributed by atoms with Crippen LogP contribution in [0.15, 0.2) is 11.6 Å². The zero-order chi connectivity index (χ0) is 17.7. The van der Waals surface area contributed by atoms with Crippen molar-refractivity contribution in [3.8, 4) is 0 Å². The second-order valence-corrected chi connectivity index (χ2v) is 7.15. The SMILES string of the molecule is CCOC(=O)C(/C=C(\C)CP(=O)(OCCCl)OCCCl)NC=O. The monoisotopic (exact) mass is 389 g/mol. The molecule has 0 saturated carbocycles. The Morgan fingerprint density at radius 2 is 1.83 bits per heavy atom. The van der Waals surface area contributed by atoms with Crippen molar-refractivity contribution in [3.05, 3.63) is 11.6 Å². The van der Waals surface area contributed by atoms with Gasteiger partial charge in [-0.2, -0.15) is 0 Å². The third-order valence-corrected chi connectivity index (χ3v) is 4.76. The summed E-state index contributed by atoms with van der Waals surface area (Å²) < 4.78 is 27.8. The molecule has 0 radical (unpaired) electrons. The van der Waals surface area contributed by atoms with E-state index in [2.05, 4.69) is 5.32 Å². The molecule has 0 aliphatic heterocycles. The van der Waals surface area contributed by atoms with Gasteiger partial charge in [0.1, 0.15) is 6.04 Å². The minimum Gasteiger partial charge on any atom is -0.464 e. The Bertz CT molecular complexity index is 434. The first-order valence-corrected chi connectivity index (χ1v) is 9.75. The van der Waals surface area contributed by atoms with Crippen LogP contribution in [-0.4, -0.2) is 56.2 Å². The summed E-state index contributed by atoms with van der Waals surface area (Å²) in [7, 11) is -3.43. The van der Waals surface area contributed by atoms with E-state index in [1.807, 2.05) is 0 Å². The van der Waals surface area contributed by atoms with Crippen molar-refractivity contribution >= 4 is 43.2 Å². The van der Waals surface area contributed by atoms with Crippen molar-refractivity contribution in [2.45, 2.75) is 19.9 Å². The van der Waals surface area contributed by atoms with Gasteiger partial charge in [-0.15, -0.1) is 23.2 Å². The topological polar surface area (TPSA) is 90.9 Å². The number of hydrogen-bond donors (Lipinski definition) is 1. The highest BCUT2D eigenvalue weighted by molar-refractivity contribution is 7.54. The minimum absolute atomic E-state index is 0.0578. The van der Waals surface area contributed by atoms with Crippen LogP contribution in [0.1, 0.15) is 13.8 Å². The van der Waals surface area contributed by atoms with Gasteiger partial charge in [0, 0.05) is 11.8 Å². The number of allylic oxidation sites excluding steroid dienone is 1. The largest absolute Gasteiger partial charge is 0.464 e. The first-order chi connectivity index (χ1) is 10.9. The van der Waals surface area contributed by atoms with E-state index >= 15 is 0 Å². The predicted octanol–water partition coefficient (Wildman–Crippen LogP) is 2.31. The summed E-state index contributed by atoms with van der Waals surface area (Å²) in [6, 6.07) is -0.970. The quantitative estimate of drug-likeness (QED) is 0.171. The van der Waals surface area contributed by atoms with Gasteiger partial charge < -0.3 is 19.1 Å². The van der Waals surface area contributed by atoms with Gasteiger partial charge in [0.15, 0.2) is 0 Å². The fourth-order valence-electron chi connectivity index (χ4n) is 1.61. The van der Waals surface area contributed by atoms with E-state index in [0.29, 0.717) is 12.0 Å². The number of halogens is 2. The number of rotatable bonds is 13.